The van der Waals surface area contributed by atoms with Gasteiger partial charge in [-0.05, 0) is 24.6 Å². The molecule has 0 amide bonds. The van der Waals surface area contributed by atoms with Crippen LogP contribution in [0.15, 0.2) is 23.1 Å². The largest absolute Gasteiger partial charge is 0.417 e. The minimum atomic E-state index is -4.50. The molecular formula is C11H10F3NOS. The summed E-state index contributed by atoms with van der Waals surface area (Å²) in [5.74, 6) is 0.604. The minimum Gasteiger partial charge on any atom is -0.396 e. The molecule has 0 aliphatic heterocycles. The lowest BCUT2D eigenvalue weighted by molar-refractivity contribution is -0.137. The zero-order valence-corrected chi connectivity index (χ0v) is 9.61. The maximum Gasteiger partial charge on any atom is 0.417 e. The fourth-order valence-corrected chi connectivity index (χ4v) is 2.08. The van der Waals surface area contributed by atoms with Crippen molar-refractivity contribution in [3.05, 3.63) is 29.3 Å². The van der Waals surface area contributed by atoms with Crippen LogP contribution >= 0.6 is 11.8 Å². The molecular weight excluding hydrogens is 251 g/mol. The summed E-state index contributed by atoms with van der Waals surface area (Å²) >= 11 is 1.32. The fraction of sp³-hybridized carbons (Fsp3) is 0.364. The number of rotatable bonds is 4. The lowest BCUT2D eigenvalue weighted by atomic mass is 10.1. The lowest BCUT2D eigenvalue weighted by Gasteiger charge is -2.09. The molecule has 0 saturated heterocycles. The Morgan fingerprint density at radius 3 is 2.59 bits per heavy atom. The number of aliphatic hydroxyl groups is 1. The molecule has 1 N–H and O–H groups in total. The number of thioether (sulfide) groups is 1. The molecule has 1 aromatic rings. The Morgan fingerprint density at radius 2 is 2.06 bits per heavy atom. The zero-order chi connectivity index (χ0) is 12.9. The summed E-state index contributed by atoms with van der Waals surface area (Å²) in [6.45, 7) is 0.0404. The van der Waals surface area contributed by atoms with Gasteiger partial charge in [-0.2, -0.15) is 18.4 Å². The van der Waals surface area contributed by atoms with Crippen LogP contribution in [0, 0.1) is 11.3 Å². The highest BCUT2D eigenvalue weighted by atomic mass is 32.2. The van der Waals surface area contributed by atoms with Gasteiger partial charge in [-0.25, -0.2) is 0 Å². The molecule has 92 valence electrons. The predicted molar refractivity (Wildman–Crippen MR) is 58.6 cm³/mol. The number of nitriles is 1. The third-order valence-corrected chi connectivity index (χ3v) is 3.07. The third-order valence-electron chi connectivity index (χ3n) is 1.99. The quantitative estimate of drug-likeness (QED) is 0.669. The summed E-state index contributed by atoms with van der Waals surface area (Å²) in [6, 6.07) is 5.03. The average molecular weight is 261 g/mol. The van der Waals surface area contributed by atoms with Gasteiger partial charge < -0.3 is 5.11 Å². The van der Waals surface area contributed by atoms with Gasteiger partial charge in [0.1, 0.15) is 0 Å². The number of hydrogen-bond donors (Lipinski definition) is 1. The van der Waals surface area contributed by atoms with Crippen LogP contribution in [0.3, 0.4) is 0 Å². The van der Waals surface area contributed by atoms with Gasteiger partial charge >= 0.3 is 6.18 Å². The summed E-state index contributed by atoms with van der Waals surface area (Å²) in [4.78, 5) is 0.600. The molecule has 2 nitrogen and oxygen atoms in total. The van der Waals surface area contributed by atoms with Crippen LogP contribution in [0.5, 0.6) is 0 Å². The molecule has 0 heterocycles. The number of alkyl halides is 3. The first kappa shape index (κ1) is 13.9. The number of aliphatic hydroxyl groups excluding tert-OH is 1. The number of benzene rings is 1. The van der Waals surface area contributed by atoms with Crippen molar-refractivity contribution in [2.45, 2.75) is 17.5 Å². The Hall–Kier alpha value is -1.19. The molecule has 1 aromatic carbocycles. The van der Waals surface area contributed by atoms with E-state index in [1.165, 1.54) is 23.9 Å². The van der Waals surface area contributed by atoms with Crippen molar-refractivity contribution < 1.29 is 18.3 Å². The maximum atomic E-state index is 12.5. The van der Waals surface area contributed by atoms with E-state index in [-0.39, 0.29) is 12.2 Å². The third kappa shape index (κ3) is 3.95. The van der Waals surface area contributed by atoms with Crippen LogP contribution in [0.4, 0.5) is 13.2 Å². The van der Waals surface area contributed by atoms with Crippen LogP contribution in [0.25, 0.3) is 0 Å². The maximum absolute atomic E-state index is 12.5. The molecule has 0 bridgehead atoms. The normalized spacial score (nSPS) is 11.2. The van der Waals surface area contributed by atoms with Crippen molar-refractivity contribution >= 4 is 11.8 Å². The van der Waals surface area contributed by atoms with Gasteiger partial charge in [0.2, 0.25) is 0 Å². The van der Waals surface area contributed by atoms with Gasteiger partial charge in [0.25, 0.3) is 0 Å². The second kappa shape index (κ2) is 5.94. The Balaban J connectivity index is 2.90. The van der Waals surface area contributed by atoms with Gasteiger partial charge in [0.15, 0.2) is 0 Å². The molecule has 0 aromatic heterocycles. The standard InChI is InChI=1S/C11H10F3NOS/c12-11(13,14)10-3-2-9(6-8(10)7-15)17-5-1-4-16/h2-3,6,16H,1,4-5H2. The van der Waals surface area contributed by atoms with Crippen molar-refractivity contribution in [2.75, 3.05) is 12.4 Å². The summed E-state index contributed by atoms with van der Waals surface area (Å²) < 4.78 is 37.4. The van der Waals surface area contributed by atoms with Crippen LogP contribution in [0.1, 0.15) is 17.5 Å². The highest BCUT2D eigenvalue weighted by molar-refractivity contribution is 7.99. The molecule has 0 aliphatic rings. The predicted octanol–water partition coefficient (Wildman–Crippen LogP) is 3.05. The Kier molecular flexibility index (Phi) is 4.85. The lowest BCUT2D eigenvalue weighted by Crippen LogP contribution is -2.07. The van der Waals surface area contributed by atoms with Gasteiger partial charge in [-0.1, -0.05) is 0 Å². The number of hydrogen-bond acceptors (Lipinski definition) is 3. The molecule has 0 unspecified atom stereocenters. The Bertz CT molecular complexity index is 426. The SMILES string of the molecule is N#Cc1cc(SCCCO)ccc1C(F)(F)F. The Labute approximate surface area is 101 Å². The van der Waals surface area contributed by atoms with Gasteiger partial charge in [-0.3, -0.25) is 0 Å². The van der Waals surface area contributed by atoms with E-state index in [1.54, 1.807) is 6.07 Å². The van der Waals surface area contributed by atoms with E-state index in [1.807, 2.05) is 0 Å². The average Bonchev–Trinajstić information content (AvgIpc) is 2.28. The summed E-state index contributed by atoms with van der Waals surface area (Å²) in [5.41, 5.74) is -1.28. The summed E-state index contributed by atoms with van der Waals surface area (Å²) in [5, 5.41) is 17.3. The van der Waals surface area contributed by atoms with Crippen LogP contribution in [0.2, 0.25) is 0 Å². The van der Waals surface area contributed by atoms with E-state index in [2.05, 4.69) is 0 Å². The van der Waals surface area contributed by atoms with E-state index < -0.39 is 11.7 Å². The van der Waals surface area contributed by atoms with E-state index in [4.69, 9.17) is 10.4 Å². The highest BCUT2D eigenvalue weighted by Gasteiger charge is 2.33. The monoisotopic (exact) mass is 261 g/mol. The molecule has 0 aliphatic carbocycles. The summed E-state index contributed by atoms with van der Waals surface area (Å²) in [7, 11) is 0. The van der Waals surface area contributed by atoms with Gasteiger partial charge in [0, 0.05) is 17.3 Å². The van der Waals surface area contributed by atoms with Crippen LogP contribution in [-0.2, 0) is 6.18 Å². The van der Waals surface area contributed by atoms with E-state index in [0.717, 1.165) is 6.07 Å². The number of nitrogens with zero attached hydrogens (tertiary/aromatic N) is 1. The molecule has 17 heavy (non-hydrogen) atoms. The first-order valence-electron chi connectivity index (χ1n) is 4.84. The van der Waals surface area contributed by atoms with Crippen molar-refractivity contribution in [3.63, 3.8) is 0 Å². The van der Waals surface area contributed by atoms with Crippen LogP contribution in [-0.4, -0.2) is 17.5 Å². The second-order valence-electron chi connectivity index (χ2n) is 3.24. The van der Waals surface area contributed by atoms with E-state index >= 15 is 0 Å². The van der Waals surface area contributed by atoms with Gasteiger partial charge in [-0.15, -0.1) is 11.8 Å². The first-order valence-corrected chi connectivity index (χ1v) is 5.82. The first-order chi connectivity index (χ1) is 7.99. The fourth-order valence-electron chi connectivity index (χ4n) is 1.21. The molecule has 0 atom stereocenters. The van der Waals surface area contributed by atoms with Crippen molar-refractivity contribution in [1.29, 1.82) is 5.26 Å². The molecule has 0 radical (unpaired) electrons. The number of halogens is 3. The van der Waals surface area contributed by atoms with Crippen LogP contribution < -0.4 is 0 Å². The smallest absolute Gasteiger partial charge is 0.396 e. The highest BCUT2D eigenvalue weighted by Crippen LogP contribution is 2.33. The second-order valence-corrected chi connectivity index (χ2v) is 4.41. The molecule has 0 fully saturated rings. The zero-order valence-electron chi connectivity index (χ0n) is 8.79. The molecule has 1 rings (SSSR count). The topological polar surface area (TPSA) is 44.0 Å². The van der Waals surface area contributed by atoms with Crippen molar-refractivity contribution in [1.82, 2.24) is 0 Å². The molecule has 0 spiro atoms. The molecule has 0 saturated carbocycles. The molecule has 6 heteroatoms. The minimum absolute atomic E-state index is 0.0404. The van der Waals surface area contributed by atoms with E-state index in [0.29, 0.717) is 17.1 Å². The van der Waals surface area contributed by atoms with Crippen molar-refractivity contribution in [2.24, 2.45) is 0 Å². The van der Waals surface area contributed by atoms with Gasteiger partial charge in [0.05, 0.1) is 17.2 Å². The van der Waals surface area contributed by atoms with E-state index in [9.17, 15) is 13.2 Å². The summed E-state index contributed by atoms with van der Waals surface area (Å²) in [6.07, 6.45) is -3.94. The van der Waals surface area contributed by atoms with Crippen molar-refractivity contribution in [3.8, 4) is 6.07 Å². The Morgan fingerprint density at radius 1 is 1.35 bits per heavy atom.